The molecule has 6 nitrogen and oxygen atoms in total. The molecular weight excluding hydrogens is 388 g/mol. The van der Waals surface area contributed by atoms with Gasteiger partial charge in [-0.3, -0.25) is 4.68 Å². The van der Waals surface area contributed by atoms with Crippen molar-refractivity contribution in [3.8, 4) is 10.6 Å². The number of rotatable bonds is 3. The lowest BCUT2D eigenvalue weighted by atomic mass is 10.2. The molecule has 0 atom stereocenters. The summed E-state index contributed by atoms with van der Waals surface area (Å²) in [4.78, 5) is 14.1. The van der Waals surface area contributed by atoms with Gasteiger partial charge in [-0.05, 0) is 30.7 Å². The number of nitrogen functional groups attached to an aromatic ring is 1. The minimum absolute atomic E-state index is 0.235. The largest absolute Gasteiger partial charge is 0.490 e. The van der Waals surface area contributed by atoms with Crippen LogP contribution in [0.3, 0.4) is 0 Å². The number of alkyl halides is 3. The van der Waals surface area contributed by atoms with Crippen molar-refractivity contribution in [2.24, 2.45) is 0 Å². The number of carbonyl (C=O) groups is 1. The first-order chi connectivity index (χ1) is 12.6. The first-order valence-electron chi connectivity index (χ1n) is 7.37. The molecule has 11 heteroatoms. The van der Waals surface area contributed by atoms with E-state index in [-0.39, 0.29) is 5.82 Å². The van der Waals surface area contributed by atoms with Crippen LogP contribution in [0.15, 0.2) is 36.5 Å². The molecule has 3 aromatic rings. The van der Waals surface area contributed by atoms with Gasteiger partial charge in [0.15, 0.2) is 5.13 Å². The molecule has 0 aliphatic heterocycles. The summed E-state index contributed by atoms with van der Waals surface area (Å²) >= 11 is 1.42. The minimum atomic E-state index is -5.08. The number of hydrogen-bond acceptors (Lipinski definition) is 5. The molecule has 0 unspecified atom stereocenters. The molecule has 0 saturated carbocycles. The van der Waals surface area contributed by atoms with Crippen molar-refractivity contribution in [2.75, 3.05) is 5.73 Å². The third-order valence-electron chi connectivity index (χ3n) is 3.16. The average molecular weight is 402 g/mol. The number of carboxylic acid groups (broad SMARTS) is 1. The van der Waals surface area contributed by atoms with Gasteiger partial charge in [0, 0.05) is 6.20 Å². The zero-order valence-electron chi connectivity index (χ0n) is 13.9. The van der Waals surface area contributed by atoms with E-state index in [1.807, 2.05) is 25.3 Å². The molecule has 0 spiro atoms. The average Bonchev–Trinajstić information content (AvgIpc) is 3.13. The highest BCUT2D eigenvalue weighted by Gasteiger charge is 2.38. The van der Waals surface area contributed by atoms with E-state index in [9.17, 15) is 17.6 Å². The highest BCUT2D eigenvalue weighted by Crippen LogP contribution is 2.29. The molecule has 2 aromatic heterocycles. The van der Waals surface area contributed by atoms with Crippen LogP contribution in [0.2, 0.25) is 0 Å². The molecule has 0 amide bonds. The zero-order valence-corrected chi connectivity index (χ0v) is 14.7. The van der Waals surface area contributed by atoms with Crippen molar-refractivity contribution in [1.29, 1.82) is 0 Å². The van der Waals surface area contributed by atoms with Crippen molar-refractivity contribution >= 4 is 22.4 Å². The molecule has 27 heavy (non-hydrogen) atoms. The molecular formula is C16H14F4N4O2S. The number of nitrogens with two attached hydrogens (primary N) is 1. The molecule has 0 aliphatic carbocycles. The molecule has 2 heterocycles. The Hall–Kier alpha value is -2.95. The fourth-order valence-electron chi connectivity index (χ4n) is 2.05. The maximum Gasteiger partial charge on any atom is 0.490 e. The quantitative estimate of drug-likeness (QED) is 0.652. The van der Waals surface area contributed by atoms with Crippen molar-refractivity contribution in [1.82, 2.24) is 14.8 Å². The van der Waals surface area contributed by atoms with Crippen LogP contribution in [0.5, 0.6) is 0 Å². The van der Waals surface area contributed by atoms with Crippen LogP contribution in [0.25, 0.3) is 10.6 Å². The first kappa shape index (κ1) is 20.4. The Morgan fingerprint density at radius 3 is 2.52 bits per heavy atom. The van der Waals surface area contributed by atoms with Crippen LogP contribution in [-0.4, -0.2) is 32.0 Å². The number of aryl methyl sites for hydroxylation is 1. The second-order valence-corrected chi connectivity index (χ2v) is 6.33. The van der Waals surface area contributed by atoms with Crippen LogP contribution >= 0.6 is 11.3 Å². The molecule has 0 bridgehead atoms. The number of halogens is 4. The molecule has 0 fully saturated rings. The third kappa shape index (κ3) is 5.78. The van der Waals surface area contributed by atoms with Crippen molar-refractivity contribution < 1.29 is 27.5 Å². The topological polar surface area (TPSA) is 94.0 Å². The molecule has 1 aromatic carbocycles. The standard InChI is InChI=1S/C14H13FN4S.C2HF3O2/c1-9-13(20-14(16)17-9)12-5-6-19(18-12)8-10-3-2-4-11(15)7-10;3-2(4,5)1(6)7/h2-7H,8H2,1H3,(H2,16,17);(H,6,7). The minimum Gasteiger partial charge on any atom is -0.475 e. The van der Waals surface area contributed by atoms with Gasteiger partial charge in [-0.15, -0.1) is 0 Å². The Kier molecular flexibility index (Phi) is 6.16. The lowest BCUT2D eigenvalue weighted by molar-refractivity contribution is -0.192. The summed E-state index contributed by atoms with van der Waals surface area (Å²) < 4.78 is 46.7. The van der Waals surface area contributed by atoms with Gasteiger partial charge in [0.25, 0.3) is 0 Å². The summed E-state index contributed by atoms with van der Waals surface area (Å²) in [5.41, 5.74) is 8.29. The number of thiazole rings is 1. The van der Waals surface area contributed by atoms with Crippen LogP contribution < -0.4 is 5.73 Å². The van der Waals surface area contributed by atoms with Crippen LogP contribution in [0, 0.1) is 12.7 Å². The smallest absolute Gasteiger partial charge is 0.475 e. The fourth-order valence-corrected chi connectivity index (χ4v) is 2.85. The number of aliphatic carboxylic acids is 1. The molecule has 0 saturated heterocycles. The van der Waals surface area contributed by atoms with Gasteiger partial charge in [-0.1, -0.05) is 23.5 Å². The number of aromatic nitrogens is 3. The van der Waals surface area contributed by atoms with E-state index < -0.39 is 12.1 Å². The van der Waals surface area contributed by atoms with Gasteiger partial charge in [0.1, 0.15) is 11.5 Å². The Morgan fingerprint density at radius 2 is 2.00 bits per heavy atom. The summed E-state index contributed by atoms with van der Waals surface area (Å²) in [5, 5.41) is 12.2. The highest BCUT2D eigenvalue weighted by atomic mass is 32.1. The van der Waals surface area contributed by atoms with Crippen molar-refractivity contribution in [3.63, 3.8) is 0 Å². The second-order valence-electron chi connectivity index (χ2n) is 5.30. The Labute approximate surface area is 154 Å². The third-order valence-corrected chi connectivity index (χ3v) is 4.17. The van der Waals surface area contributed by atoms with E-state index >= 15 is 0 Å². The number of nitrogens with zero attached hydrogens (tertiary/aromatic N) is 3. The van der Waals surface area contributed by atoms with E-state index in [2.05, 4.69) is 10.1 Å². The summed E-state index contributed by atoms with van der Waals surface area (Å²) in [7, 11) is 0. The van der Waals surface area contributed by atoms with E-state index in [1.165, 1.54) is 23.5 Å². The zero-order chi connectivity index (χ0) is 20.2. The molecule has 3 N–H and O–H groups in total. The lowest BCUT2D eigenvalue weighted by Crippen LogP contribution is -2.21. The number of hydrogen-bond donors (Lipinski definition) is 2. The molecule has 0 radical (unpaired) electrons. The van der Waals surface area contributed by atoms with E-state index in [0.717, 1.165) is 21.8 Å². The van der Waals surface area contributed by atoms with E-state index in [0.29, 0.717) is 11.7 Å². The molecule has 0 aliphatic rings. The monoisotopic (exact) mass is 402 g/mol. The Bertz CT molecular complexity index is 937. The first-order valence-corrected chi connectivity index (χ1v) is 8.19. The maximum absolute atomic E-state index is 13.1. The summed E-state index contributed by atoms with van der Waals surface area (Å²) in [6, 6.07) is 8.43. The fraction of sp³-hybridized carbons (Fsp3) is 0.188. The normalized spacial score (nSPS) is 11.0. The van der Waals surface area contributed by atoms with E-state index in [4.69, 9.17) is 15.6 Å². The van der Waals surface area contributed by atoms with Gasteiger partial charge in [-0.25, -0.2) is 14.2 Å². The second kappa shape index (κ2) is 8.16. The van der Waals surface area contributed by atoms with Crippen LogP contribution in [0.4, 0.5) is 22.7 Å². The number of anilines is 1. The number of carboxylic acids is 1. The predicted molar refractivity (Wildman–Crippen MR) is 91.7 cm³/mol. The maximum atomic E-state index is 13.1. The van der Waals surface area contributed by atoms with Crippen molar-refractivity contribution in [2.45, 2.75) is 19.6 Å². The van der Waals surface area contributed by atoms with Crippen LogP contribution in [0.1, 0.15) is 11.3 Å². The molecule has 144 valence electrons. The lowest BCUT2D eigenvalue weighted by Gasteiger charge is -2.01. The summed E-state index contributed by atoms with van der Waals surface area (Å²) in [5.74, 6) is -2.99. The van der Waals surface area contributed by atoms with Gasteiger partial charge >= 0.3 is 12.1 Å². The molecule has 3 rings (SSSR count). The predicted octanol–water partition coefficient (Wildman–Crippen LogP) is 3.72. The Balaban J connectivity index is 0.000000321. The van der Waals surface area contributed by atoms with Crippen molar-refractivity contribution in [3.05, 3.63) is 53.6 Å². The Morgan fingerprint density at radius 1 is 1.33 bits per heavy atom. The van der Waals surface area contributed by atoms with Gasteiger partial charge in [0.2, 0.25) is 0 Å². The van der Waals surface area contributed by atoms with Gasteiger partial charge in [-0.2, -0.15) is 18.3 Å². The number of benzene rings is 1. The van der Waals surface area contributed by atoms with Gasteiger partial charge < -0.3 is 10.8 Å². The highest BCUT2D eigenvalue weighted by molar-refractivity contribution is 7.18. The summed E-state index contributed by atoms with van der Waals surface area (Å²) in [6.07, 6.45) is -3.21. The SMILES string of the molecule is Cc1nc(N)sc1-c1ccn(Cc2cccc(F)c2)n1.O=C(O)C(F)(F)F. The summed E-state index contributed by atoms with van der Waals surface area (Å²) in [6.45, 7) is 2.44. The van der Waals surface area contributed by atoms with Crippen LogP contribution in [-0.2, 0) is 11.3 Å². The van der Waals surface area contributed by atoms with E-state index in [1.54, 1.807) is 10.7 Å². The van der Waals surface area contributed by atoms with Gasteiger partial charge in [0.05, 0.1) is 17.1 Å².